The summed E-state index contributed by atoms with van der Waals surface area (Å²) in [5.74, 6) is 5.00. The quantitative estimate of drug-likeness (QED) is 0.249. The molecule has 2 saturated carbocycles. The maximum atomic E-state index is 13.6. The van der Waals surface area contributed by atoms with E-state index in [1.165, 1.54) is 77.0 Å². The molecule has 1 heterocycles. The van der Waals surface area contributed by atoms with Gasteiger partial charge >= 0.3 is 0 Å². The van der Waals surface area contributed by atoms with Crippen LogP contribution in [0.5, 0.6) is 0 Å². The van der Waals surface area contributed by atoms with Gasteiger partial charge in [-0.25, -0.2) is 4.39 Å². The Kier molecular flexibility index (Phi) is 9.09. The van der Waals surface area contributed by atoms with Crippen LogP contribution in [0.2, 0.25) is 0 Å². The van der Waals surface area contributed by atoms with Crippen LogP contribution in [0.15, 0.2) is 6.07 Å². The van der Waals surface area contributed by atoms with Crippen LogP contribution in [0, 0.1) is 53.2 Å². The highest BCUT2D eigenvalue weighted by molar-refractivity contribution is 5.33. The van der Waals surface area contributed by atoms with Crippen LogP contribution in [0.25, 0.3) is 0 Å². The fraction of sp³-hybridized carbons (Fsp3) is 0.731. The fourth-order valence-corrected chi connectivity index (χ4v) is 5.43. The van der Waals surface area contributed by atoms with Gasteiger partial charge in [-0.1, -0.05) is 70.1 Å². The molecule has 2 aliphatic rings. The van der Waals surface area contributed by atoms with Crippen molar-refractivity contribution in [2.75, 3.05) is 0 Å². The lowest BCUT2D eigenvalue weighted by Gasteiger charge is -2.37. The molecular weight excluding hydrogens is 383 g/mol. The normalized spacial score (nSPS) is 26.8. The molecule has 0 amide bonds. The van der Waals surface area contributed by atoms with E-state index in [-0.39, 0.29) is 11.5 Å². The van der Waals surface area contributed by atoms with Crippen molar-refractivity contribution in [2.24, 2.45) is 23.7 Å². The summed E-state index contributed by atoms with van der Waals surface area (Å²) in [5, 5.41) is 0. The first-order valence-electron chi connectivity index (χ1n) is 12.1. The Morgan fingerprint density at radius 3 is 2.13 bits per heavy atom. The van der Waals surface area contributed by atoms with Crippen LogP contribution in [0.4, 0.5) is 13.2 Å². The summed E-state index contributed by atoms with van der Waals surface area (Å²) in [7, 11) is 0. The smallest absolute Gasteiger partial charge is 0.202 e. The van der Waals surface area contributed by atoms with Gasteiger partial charge in [0, 0.05) is 5.92 Å². The highest BCUT2D eigenvalue weighted by Crippen LogP contribution is 2.42. The van der Waals surface area contributed by atoms with E-state index in [4.69, 9.17) is 0 Å². The third kappa shape index (κ3) is 6.76. The lowest BCUT2D eigenvalue weighted by molar-refractivity contribution is 0.153. The van der Waals surface area contributed by atoms with Gasteiger partial charge in [-0.15, -0.1) is 0 Å². The number of hydrogen-bond acceptors (Lipinski definition) is 1. The van der Waals surface area contributed by atoms with Gasteiger partial charge < -0.3 is 0 Å². The molecule has 2 aliphatic carbocycles. The highest BCUT2D eigenvalue weighted by atomic mass is 19.2. The second-order valence-electron chi connectivity index (χ2n) is 9.46. The van der Waals surface area contributed by atoms with Gasteiger partial charge in [0.25, 0.3) is 5.95 Å². The Balaban J connectivity index is 1.38. The van der Waals surface area contributed by atoms with Crippen LogP contribution in [-0.4, -0.2) is 4.98 Å². The van der Waals surface area contributed by atoms with E-state index >= 15 is 0 Å². The molecule has 30 heavy (non-hydrogen) atoms. The van der Waals surface area contributed by atoms with Crippen LogP contribution < -0.4 is 0 Å². The maximum absolute atomic E-state index is 13.6. The zero-order valence-corrected chi connectivity index (χ0v) is 18.4. The first kappa shape index (κ1) is 23.2. The first-order valence-corrected chi connectivity index (χ1v) is 12.1. The van der Waals surface area contributed by atoms with E-state index in [2.05, 4.69) is 23.7 Å². The van der Waals surface area contributed by atoms with Crippen molar-refractivity contribution in [1.82, 2.24) is 4.98 Å². The summed E-state index contributed by atoms with van der Waals surface area (Å²) in [6.45, 7) is 2.27. The number of unbranched alkanes of at least 4 members (excludes halogenated alkanes) is 4. The average molecular weight is 420 g/mol. The van der Waals surface area contributed by atoms with Gasteiger partial charge in [0.2, 0.25) is 5.95 Å². The molecule has 4 heteroatoms. The van der Waals surface area contributed by atoms with Crippen LogP contribution >= 0.6 is 0 Å². The van der Waals surface area contributed by atoms with E-state index in [9.17, 15) is 13.2 Å². The van der Waals surface area contributed by atoms with Gasteiger partial charge in [0.05, 0.1) is 5.56 Å². The molecule has 1 aromatic heterocycles. The highest BCUT2D eigenvalue weighted by Gasteiger charge is 2.30. The van der Waals surface area contributed by atoms with Crippen molar-refractivity contribution in [1.29, 1.82) is 0 Å². The van der Waals surface area contributed by atoms with E-state index in [0.29, 0.717) is 0 Å². The van der Waals surface area contributed by atoms with E-state index in [1.807, 2.05) is 0 Å². The van der Waals surface area contributed by atoms with Gasteiger partial charge in [-0.2, -0.15) is 13.8 Å². The maximum Gasteiger partial charge on any atom is 0.251 e. The van der Waals surface area contributed by atoms with Crippen molar-refractivity contribution < 1.29 is 13.2 Å². The summed E-state index contributed by atoms with van der Waals surface area (Å²) >= 11 is 0. The molecule has 0 bridgehead atoms. The minimum Gasteiger partial charge on any atom is -0.202 e. The van der Waals surface area contributed by atoms with E-state index in [1.54, 1.807) is 0 Å². The van der Waals surface area contributed by atoms with Crippen molar-refractivity contribution in [3.63, 3.8) is 0 Å². The number of rotatable bonds is 7. The average Bonchev–Trinajstić information content (AvgIpc) is 2.76. The zero-order valence-electron chi connectivity index (χ0n) is 18.4. The second kappa shape index (κ2) is 11.8. The molecule has 2 fully saturated rings. The Morgan fingerprint density at radius 2 is 1.47 bits per heavy atom. The van der Waals surface area contributed by atoms with Gasteiger partial charge in [-0.3, -0.25) is 0 Å². The second-order valence-corrected chi connectivity index (χ2v) is 9.46. The number of pyridine rings is 1. The predicted molar refractivity (Wildman–Crippen MR) is 115 cm³/mol. The molecule has 0 radical (unpaired) electrons. The van der Waals surface area contributed by atoms with Gasteiger partial charge in [0.15, 0.2) is 5.82 Å². The Morgan fingerprint density at radius 1 is 0.833 bits per heavy atom. The van der Waals surface area contributed by atoms with Crippen molar-refractivity contribution in [2.45, 2.75) is 96.8 Å². The minimum absolute atomic E-state index is 0.149. The molecular formula is C26H36F3N. The number of halogens is 3. The van der Waals surface area contributed by atoms with Crippen molar-refractivity contribution in [3.05, 3.63) is 29.3 Å². The summed E-state index contributed by atoms with van der Waals surface area (Å²) in [5.41, 5.74) is -0.149. The number of aromatic nitrogens is 1. The third-order valence-corrected chi connectivity index (χ3v) is 7.34. The van der Waals surface area contributed by atoms with E-state index < -0.39 is 17.7 Å². The van der Waals surface area contributed by atoms with Crippen LogP contribution in [-0.2, 0) is 0 Å². The molecule has 3 rings (SSSR count). The first-order chi connectivity index (χ1) is 14.6. The SMILES string of the molecule is CCCCCCC[C@H]1CC[C@H]([C@H]2CC[C@H](C#Cc3cc(F)c(F)nc3F)CC2)CC1. The summed E-state index contributed by atoms with van der Waals surface area (Å²) in [4.78, 5) is 2.94. The topological polar surface area (TPSA) is 12.9 Å². The lowest BCUT2D eigenvalue weighted by atomic mass is 9.69. The Bertz CT molecular complexity index is 720. The van der Waals surface area contributed by atoms with Gasteiger partial charge in [-0.05, 0) is 62.3 Å². The molecule has 1 nitrogen and oxygen atoms in total. The zero-order chi connectivity index (χ0) is 21.3. The summed E-state index contributed by atoms with van der Waals surface area (Å²) in [6, 6.07) is 0.804. The standard InChI is InChI=1S/C26H36F3N/c1-2-3-4-5-6-7-19-8-13-21(14-9-19)22-15-10-20(11-16-22)12-17-23-18-24(27)26(29)30-25(23)28/h18-22H,2-11,13-16H2,1H3/t19-,20-,21-,22-. The fourth-order valence-electron chi connectivity index (χ4n) is 5.43. The molecule has 0 unspecified atom stereocenters. The molecule has 0 spiro atoms. The van der Waals surface area contributed by atoms with Crippen LogP contribution in [0.1, 0.15) is 102 Å². The largest absolute Gasteiger partial charge is 0.251 e. The molecule has 0 aromatic carbocycles. The predicted octanol–water partition coefficient (Wildman–Crippen LogP) is 7.82. The molecule has 0 aliphatic heterocycles. The lowest BCUT2D eigenvalue weighted by Crippen LogP contribution is -2.25. The third-order valence-electron chi connectivity index (χ3n) is 7.34. The van der Waals surface area contributed by atoms with Crippen molar-refractivity contribution in [3.8, 4) is 11.8 Å². The van der Waals surface area contributed by atoms with E-state index in [0.717, 1.165) is 36.7 Å². The Hall–Kier alpha value is -1.50. The molecule has 1 aromatic rings. The van der Waals surface area contributed by atoms with Crippen LogP contribution in [0.3, 0.4) is 0 Å². The summed E-state index contributed by atoms with van der Waals surface area (Å²) in [6.07, 6.45) is 18.3. The molecule has 0 saturated heterocycles. The minimum atomic E-state index is -1.41. The Labute approximate surface area is 180 Å². The summed E-state index contributed by atoms with van der Waals surface area (Å²) < 4.78 is 39.8. The molecule has 0 atom stereocenters. The van der Waals surface area contributed by atoms with Gasteiger partial charge in [0.1, 0.15) is 0 Å². The van der Waals surface area contributed by atoms with Crippen molar-refractivity contribution >= 4 is 0 Å². The number of hydrogen-bond donors (Lipinski definition) is 0. The molecule has 0 N–H and O–H groups in total. The number of nitrogens with zero attached hydrogens (tertiary/aromatic N) is 1. The molecule has 166 valence electrons. The monoisotopic (exact) mass is 419 g/mol.